The third-order valence-corrected chi connectivity index (χ3v) is 2.58. The van der Waals surface area contributed by atoms with Gasteiger partial charge < -0.3 is 15.2 Å². The van der Waals surface area contributed by atoms with Crippen LogP contribution < -0.4 is 10.5 Å². The highest BCUT2D eigenvalue weighted by atomic mass is 79.9. The fourth-order valence-electron chi connectivity index (χ4n) is 1.37. The fourth-order valence-corrected chi connectivity index (χ4v) is 1.98. The zero-order valence-electron chi connectivity index (χ0n) is 9.58. The van der Waals surface area contributed by atoms with Gasteiger partial charge in [-0.25, -0.2) is 0 Å². The van der Waals surface area contributed by atoms with Crippen molar-refractivity contribution in [1.82, 2.24) is 0 Å². The molecule has 2 N–H and O–H groups in total. The van der Waals surface area contributed by atoms with Crippen molar-refractivity contribution < 1.29 is 23.0 Å². The highest BCUT2D eigenvalue weighted by molar-refractivity contribution is 9.10. The van der Waals surface area contributed by atoms with E-state index in [-0.39, 0.29) is 28.9 Å². The molecule has 100 valence electrons. The van der Waals surface area contributed by atoms with Crippen LogP contribution in [-0.4, -0.2) is 19.2 Å². The molecule has 4 nitrogen and oxygen atoms in total. The summed E-state index contributed by atoms with van der Waals surface area (Å²) in [7, 11) is 0. The lowest BCUT2D eigenvalue weighted by Gasteiger charge is -2.11. The Balaban J connectivity index is 2.89. The van der Waals surface area contributed by atoms with E-state index in [4.69, 9.17) is 10.5 Å². The molecule has 0 spiro atoms. The van der Waals surface area contributed by atoms with Gasteiger partial charge in [-0.1, -0.05) is 0 Å². The maximum Gasteiger partial charge on any atom is 0.387 e. The number of carbonyl (C=O) groups excluding carboxylic acids is 1. The molecule has 0 saturated heterocycles. The predicted molar refractivity (Wildman–Crippen MR) is 65.5 cm³/mol. The van der Waals surface area contributed by atoms with Gasteiger partial charge in [-0.15, -0.1) is 0 Å². The zero-order chi connectivity index (χ0) is 13.7. The van der Waals surface area contributed by atoms with Crippen LogP contribution in [0.4, 0.5) is 14.5 Å². The SMILES string of the molecule is CCOC(=O)Cc1cc(N)c(OC(F)F)c(Br)c1. The number of hydrogen-bond donors (Lipinski definition) is 1. The van der Waals surface area contributed by atoms with E-state index < -0.39 is 12.6 Å². The van der Waals surface area contributed by atoms with Crippen molar-refractivity contribution in [2.24, 2.45) is 0 Å². The standard InChI is InChI=1S/C11H12BrF2NO3/c1-2-17-9(16)5-6-3-7(12)10(8(15)4-6)18-11(13)14/h3-4,11H,2,5,15H2,1H3. The molecule has 0 saturated carbocycles. The van der Waals surface area contributed by atoms with Crippen LogP contribution in [0.5, 0.6) is 5.75 Å². The number of carbonyl (C=O) groups is 1. The number of anilines is 1. The number of nitrogen functional groups attached to an aromatic ring is 1. The molecule has 1 rings (SSSR count). The number of halogens is 3. The number of esters is 1. The van der Waals surface area contributed by atoms with Crippen LogP contribution >= 0.6 is 15.9 Å². The van der Waals surface area contributed by atoms with Crippen LogP contribution in [0.2, 0.25) is 0 Å². The zero-order valence-corrected chi connectivity index (χ0v) is 11.2. The molecule has 1 aromatic carbocycles. The largest absolute Gasteiger partial charge is 0.466 e. The lowest BCUT2D eigenvalue weighted by molar-refractivity contribution is -0.142. The molecule has 0 amide bonds. The highest BCUT2D eigenvalue weighted by Crippen LogP contribution is 2.34. The Morgan fingerprint density at radius 1 is 1.50 bits per heavy atom. The minimum atomic E-state index is -2.96. The minimum Gasteiger partial charge on any atom is -0.466 e. The second-order valence-electron chi connectivity index (χ2n) is 3.36. The Hall–Kier alpha value is -1.37. The van der Waals surface area contributed by atoms with Crippen molar-refractivity contribution in [3.05, 3.63) is 22.2 Å². The molecule has 7 heteroatoms. The van der Waals surface area contributed by atoms with Crippen LogP contribution in [0.1, 0.15) is 12.5 Å². The van der Waals surface area contributed by atoms with E-state index in [0.717, 1.165) is 0 Å². The Labute approximate surface area is 111 Å². The van der Waals surface area contributed by atoms with Crippen molar-refractivity contribution >= 4 is 27.6 Å². The summed E-state index contributed by atoms with van der Waals surface area (Å²) in [5.74, 6) is -0.552. The maximum absolute atomic E-state index is 12.1. The number of benzene rings is 1. The summed E-state index contributed by atoms with van der Waals surface area (Å²) in [5, 5.41) is 0. The van der Waals surface area contributed by atoms with Gasteiger partial charge >= 0.3 is 12.6 Å². The molecule has 0 aliphatic rings. The summed E-state index contributed by atoms with van der Waals surface area (Å²) in [6.45, 7) is -0.983. The summed E-state index contributed by atoms with van der Waals surface area (Å²) >= 11 is 3.06. The summed E-state index contributed by atoms with van der Waals surface area (Å²) < 4.78 is 33.5. The molecule has 0 heterocycles. The van der Waals surface area contributed by atoms with Crippen molar-refractivity contribution in [2.45, 2.75) is 20.0 Å². The van der Waals surface area contributed by atoms with Gasteiger partial charge in [0.15, 0.2) is 5.75 Å². The van der Waals surface area contributed by atoms with E-state index in [1.165, 1.54) is 12.1 Å². The first-order valence-electron chi connectivity index (χ1n) is 5.12. The number of hydrogen-bond acceptors (Lipinski definition) is 4. The average molecular weight is 324 g/mol. The summed E-state index contributed by atoms with van der Waals surface area (Å²) in [6.07, 6.45) is 0.0194. The van der Waals surface area contributed by atoms with Crippen LogP contribution in [0.25, 0.3) is 0 Å². The molecule has 0 aromatic heterocycles. The van der Waals surface area contributed by atoms with Gasteiger partial charge in [-0.05, 0) is 40.5 Å². The van der Waals surface area contributed by atoms with Gasteiger partial charge in [0.2, 0.25) is 0 Å². The van der Waals surface area contributed by atoms with Gasteiger partial charge in [-0.3, -0.25) is 4.79 Å². The van der Waals surface area contributed by atoms with E-state index in [1.807, 2.05) is 0 Å². The third-order valence-electron chi connectivity index (χ3n) is 1.99. The molecule has 0 atom stereocenters. The molecule has 0 bridgehead atoms. The van der Waals surface area contributed by atoms with Gasteiger partial charge in [0, 0.05) is 0 Å². The molecule has 0 aliphatic carbocycles. The summed E-state index contributed by atoms with van der Waals surface area (Å²) in [4.78, 5) is 11.3. The Morgan fingerprint density at radius 3 is 2.67 bits per heavy atom. The highest BCUT2D eigenvalue weighted by Gasteiger charge is 2.14. The average Bonchev–Trinajstić information content (AvgIpc) is 2.23. The van der Waals surface area contributed by atoms with Gasteiger partial charge in [-0.2, -0.15) is 8.78 Å². The Kier molecular flexibility index (Phi) is 5.33. The lowest BCUT2D eigenvalue weighted by Crippen LogP contribution is -2.09. The second kappa shape index (κ2) is 6.53. The van der Waals surface area contributed by atoms with E-state index >= 15 is 0 Å². The fraction of sp³-hybridized carbons (Fsp3) is 0.364. The van der Waals surface area contributed by atoms with E-state index in [2.05, 4.69) is 20.7 Å². The molecule has 18 heavy (non-hydrogen) atoms. The van der Waals surface area contributed by atoms with Crippen molar-refractivity contribution in [3.8, 4) is 5.75 Å². The summed E-state index contributed by atoms with van der Waals surface area (Å²) in [6, 6.07) is 2.89. The minimum absolute atomic E-state index is 0.0194. The lowest BCUT2D eigenvalue weighted by atomic mass is 10.1. The molecular weight excluding hydrogens is 312 g/mol. The third kappa shape index (κ3) is 4.14. The van der Waals surface area contributed by atoms with E-state index in [9.17, 15) is 13.6 Å². The predicted octanol–water partition coefficient (Wildman–Crippen LogP) is 2.74. The topological polar surface area (TPSA) is 61.5 Å². The van der Waals surface area contributed by atoms with Crippen molar-refractivity contribution in [1.29, 1.82) is 0 Å². The Bertz CT molecular complexity index is 417. The number of rotatable bonds is 5. The molecular formula is C11H12BrF2NO3. The first kappa shape index (κ1) is 14.7. The molecule has 0 fully saturated rings. The van der Waals surface area contributed by atoms with Crippen LogP contribution in [0.15, 0.2) is 16.6 Å². The van der Waals surface area contributed by atoms with E-state index in [1.54, 1.807) is 6.92 Å². The Morgan fingerprint density at radius 2 is 2.17 bits per heavy atom. The first-order chi connectivity index (χ1) is 8.43. The molecule has 0 radical (unpaired) electrons. The van der Waals surface area contributed by atoms with Gasteiger partial charge in [0.05, 0.1) is 23.2 Å². The van der Waals surface area contributed by atoms with Gasteiger partial charge in [0.25, 0.3) is 0 Å². The molecule has 0 aliphatic heterocycles. The first-order valence-corrected chi connectivity index (χ1v) is 5.91. The maximum atomic E-state index is 12.1. The van der Waals surface area contributed by atoms with Crippen molar-refractivity contribution in [3.63, 3.8) is 0 Å². The monoisotopic (exact) mass is 323 g/mol. The normalized spacial score (nSPS) is 10.5. The smallest absolute Gasteiger partial charge is 0.387 e. The molecule has 0 unspecified atom stereocenters. The van der Waals surface area contributed by atoms with Crippen LogP contribution in [0, 0.1) is 0 Å². The summed E-state index contributed by atoms with van der Waals surface area (Å²) in [5.41, 5.74) is 6.17. The van der Waals surface area contributed by atoms with Crippen molar-refractivity contribution in [2.75, 3.05) is 12.3 Å². The number of nitrogens with two attached hydrogens (primary N) is 1. The van der Waals surface area contributed by atoms with Crippen LogP contribution in [-0.2, 0) is 16.0 Å². The van der Waals surface area contributed by atoms with E-state index in [0.29, 0.717) is 5.56 Å². The van der Waals surface area contributed by atoms with Gasteiger partial charge in [0.1, 0.15) is 0 Å². The van der Waals surface area contributed by atoms with Crippen LogP contribution in [0.3, 0.4) is 0 Å². The second-order valence-corrected chi connectivity index (χ2v) is 4.21. The quantitative estimate of drug-likeness (QED) is 0.668. The molecule has 1 aromatic rings. The number of alkyl halides is 2. The number of ether oxygens (including phenoxy) is 2.